The molecule has 0 aliphatic heterocycles. The number of nitrogens with zero attached hydrogens (tertiary/aromatic N) is 4. The van der Waals surface area contributed by atoms with Crippen LogP contribution < -0.4 is 10.1 Å². The summed E-state index contributed by atoms with van der Waals surface area (Å²) in [5.41, 5.74) is 0.919. The molecule has 7 nitrogen and oxygen atoms in total. The topological polar surface area (TPSA) is 74.0 Å². The van der Waals surface area contributed by atoms with Crippen LogP contribution in [0.15, 0.2) is 67.0 Å². The molecule has 1 N–H and O–H groups in total. The maximum atomic E-state index is 13.3. The number of anilines is 1. The van der Waals surface area contributed by atoms with Crippen molar-refractivity contribution in [2.24, 2.45) is 0 Å². The van der Waals surface area contributed by atoms with Gasteiger partial charge in [0.25, 0.3) is 5.91 Å². The molecule has 2 aromatic heterocycles. The maximum Gasteiger partial charge on any atom is 0.277 e. The number of rotatable bonds is 7. The fourth-order valence-electron chi connectivity index (χ4n) is 2.78. The summed E-state index contributed by atoms with van der Waals surface area (Å²) < 4.78 is 35.0. The molecular formula is C21H16ClF2N5O2. The zero-order valence-electron chi connectivity index (χ0n) is 16.0. The number of hydrogen-bond donors (Lipinski definition) is 1. The van der Waals surface area contributed by atoms with Crippen LogP contribution in [-0.4, -0.2) is 25.5 Å². The molecule has 0 radical (unpaired) electrons. The number of benzene rings is 2. The minimum Gasteiger partial charge on any atom is -0.471 e. The summed E-state index contributed by atoms with van der Waals surface area (Å²) in [5, 5.41) is 11.0. The first-order valence-corrected chi connectivity index (χ1v) is 9.54. The highest BCUT2D eigenvalue weighted by Crippen LogP contribution is 2.21. The molecule has 31 heavy (non-hydrogen) atoms. The second-order valence-corrected chi connectivity index (χ2v) is 6.98. The fourth-order valence-corrected chi connectivity index (χ4v) is 2.95. The number of nitrogens with one attached hydrogen (secondary N) is 1. The molecular weight excluding hydrogens is 428 g/mol. The Morgan fingerprint density at radius 1 is 1.03 bits per heavy atom. The van der Waals surface area contributed by atoms with Crippen LogP contribution in [0, 0.1) is 11.6 Å². The zero-order valence-corrected chi connectivity index (χ0v) is 16.8. The van der Waals surface area contributed by atoms with Crippen molar-refractivity contribution in [2.75, 3.05) is 5.32 Å². The van der Waals surface area contributed by atoms with Gasteiger partial charge in [0.2, 0.25) is 0 Å². The lowest BCUT2D eigenvalue weighted by Gasteiger charge is -2.06. The van der Waals surface area contributed by atoms with Crippen LogP contribution >= 0.6 is 11.6 Å². The van der Waals surface area contributed by atoms with Crippen molar-refractivity contribution in [3.63, 3.8) is 0 Å². The molecule has 2 aromatic carbocycles. The molecule has 158 valence electrons. The lowest BCUT2D eigenvalue weighted by atomic mass is 10.2. The number of ether oxygens (including phenoxy) is 1. The van der Waals surface area contributed by atoms with Crippen molar-refractivity contribution in [1.82, 2.24) is 19.6 Å². The molecule has 0 bridgehead atoms. The molecule has 0 aliphatic carbocycles. The minimum absolute atomic E-state index is 0.0114. The lowest BCUT2D eigenvalue weighted by molar-refractivity contribution is 0.101. The van der Waals surface area contributed by atoms with Gasteiger partial charge in [0.05, 0.1) is 11.6 Å². The van der Waals surface area contributed by atoms with Crippen LogP contribution in [0.2, 0.25) is 5.02 Å². The number of aromatic nitrogens is 4. The van der Waals surface area contributed by atoms with E-state index in [4.69, 9.17) is 16.3 Å². The van der Waals surface area contributed by atoms with Crippen molar-refractivity contribution in [3.8, 4) is 5.75 Å². The molecule has 2 heterocycles. The van der Waals surface area contributed by atoms with E-state index in [1.54, 1.807) is 35.3 Å². The van der Waals surface area contributed by atoms with E-state index in [0.29, 0.717) is 18.1 Å². The Hall–Kier alpha value is -3.72. The van der Waals surface area contributed by atoms with Crippen molar-refractivity contribution < 1.29 is 18.3 Å². The van der Waals surface area contributed by atoms with Gasteiger partial charge in [-0.25, -0.2) is 13.5 Å². The van der Waals surface area contributed by atoms with E-state index in [9.17, 15) is 13.6 Å². The maximum absolute atomic E-state index is 13.3. The average Bonchev–Trinajstić information content (AvgIpc) is 3.38. The predicted molar refractivity (Wildman–Crippen MR) is 110 cm³/mol. The smallest absolute Gasteiger partial charge is 0.277 e. The molecule has 4 rings (SSSR count). The second kappa shape index (κ2) is 8.97. The van der Waals surface area contributed by atoms with Crippen LogP contribution in [0.4, 0.5) is 14.6 Å². The highest BCUT2D eigenvalue weighted by atomic mass is 35.5. The van der Waals surface area contributed by atoms with Gasteiger partial charge < -0.3 is 10.1 Å². The van der Waals surface area contributed by atoms with Gasteiger partial charge >= 0.3 is 0 Å². The number of carbonyl (C=O) groups excluding carboxylic acids is 1. The summed E-state index contributed by atoms with van der Waals surface area (Å²) in [7, 11) is 0. The lowest BCUT2D eigenvalue weighted by Crippen LogP contribution is -2.15. The monoisotopic (exact) mass is 443 g/mol. The van der Waals surface area contributed by atoms with Crippen molar-refractivity contribution >= 4 is 23.3 Å². The SMILES string of the molecule is O=C(Nc1ccn(Cc2cccc(F)c2)n1)c1ccn(COc2ccc(F)c(Cl)c2)n1. The molecule has 0 spiro atoms. The van der Waals surface area contributed by atoms with Crippen molar-refractivity contribution in [3.05, 3.63) is 94.9 Å². The standard InChI is InChI=1S/C21H16ClF2N5O2/c22-17-11-16(4-5-18(17)24)31-13-29-8-6-19(26-29)21(30)25-20-7-9-28(27-20)12-14-2-1-3-15(23)10-14/h1-11H,12-13H2,(H,25,27,30). The molecule has 0 fully saturated rings. The number of halogens is 3. The molecule has 4 aromatic rings. The van der Waals surface area contributed by atoms with E-state index in [1.165, 1.54) is 41.1 Å². The summed E-state index contributed by atoms with van der Waals surface area (Å²) in [5.74, 6) is -0.588. The van der Waals surface area contributed by atoms with Gasteiger partial charge in [-0.3, -0.25) is 9.48 Å². The van der Waals surface area contributed by atoms with Gasteiger partial charge in [-0.2, -0.15) is 10.2 Å². The third-order valence-electron chi connectivity index (χ3n) is 4.24. The molecule has 1 amide bonds. The third kappa shape index (κ3) is 5.26. The van der Waals surface area contributed by atoms with Gasteiger partial charge in [-0.15, -0.1) is 0 Å². The third-order valence-corrected chi connectivity index (χ3v) is 4.53. The number of amides is 1. The van der Waals surface area contributed by atoms with Gasteiger partial charge in [0, 0.05) is 24.5 Å². The Balaban J connectivity index is 1.33. The molecule has 0 aliphatic rings. The molecule has 0 saturated heterocycles. The van der Waals surface area contributed by atoms with E-state index in [-0.39, 0.29) is 23.3 Å². The van der Waals surface area contributed by atoms with Crippen LogP contribution in [0.3, 0.4) is 0 Å². The summed E-state index contributed by atoms with van der Waals surface area (Å²) in [6.07, 6.45) is 3.25. The Morgan fingerprint density at radius 2 is 1.87 bits per heavy atom. The van der Waals surface area contributed by atoms with Crippen molar-refractivity contribution in [1.29, 1.82) is 0 Å². The number of carbonyl (C=O) groups is 1. The summed E-state index contributed by atoms with van der Waals surface area (Å²) in [6, 6.07) is 13.4. The van der Waals surface area contributed by atoms with Crippen LogP contribution in [0.1, 0.15) is 16.1 Å². The van der Waals surface area contributed by atoms with Gasteiger partial charge in [-0.05, 0) is 35.9 Å². The highest BCUT2D eigenvalue weighted by molar-refractivity contribution is 6.30. The molecule has 0 unspecified atom stereocenters. The Kier molecular flexibility index (Phi) is 5.94. The highest BCUT2D eigenvalue weighted by Gasteiger charge is 2.12. The summed E-state index contributed by atoms with van der Waals surface area (Å²) in [6.45, 7) is 0.379. The van der Waals surface area contributed by atoms with Crippen molar-refractivity contribution in [2.45, 2.75) is 13.3 Å². The van der Waals surface area contributed by atoms with E-state index in [1.807, 2.05) is 0 Å². The van der Waals surface area contributed by atoms with Gasteiger partial charge in [-0.1, -0.05) is 23.7 Å². The average molecular weight is 444 g/mol. The Labute approximate surface area is 180 Å². The summed E-state index contributed by atoms with van der Waals surface area (Å²) in [4.78, 5) is 12.4. The normalized spacial score (nSPS) is 10.8. The molecule has 0 atom stereocenters. The Morgan fingerprint density at radius 3 is 2.68 bits per heavy atom. The predicted octanol–water partition coefficient (Wildman–Crippen LogP) is 4.35. The first kappa shape index (κ1) is 20.5. The van der Waals surface area contributed by atoms with Crippen LogP contribution in [0.5, 0.6) is 5.75 Å². The Bertz CT molecular complexity index is 1220. The fraction of sp³-hybridized carbons (Fsp3) is 0.0952. The number of hydrogen-bond acceptors (Lipinski definition) is 4. The van der Waals surface area contributed by atoms with Crippen LogP contribution in [-0.2, 0) is 13.3 Å². The zero-order chi connectivity index (χ0) is 21.8. The van der Waals surface area contributed by atoms with E-state index in [0.717, 1.165) is 5.56 Å². The van der Waals surface area contributed by atoms with E-state index >= 15 is 0 Å². The minimum atomic E-state index is -0.537. The van der Waals surface area contributed by atoms with Gasteiger partial charge in [0.15, 0.2) is 18.2 Å². The first-order valence-electron chi connectivity index (χ1n) is 9.17. The van der Waals surface area contributed by atoms with E-state index < -0.39 is 11.7 Å². The first-order chi connectivity index (χ1) is 15.0. The van der Waals surface area contributed by atoms with Crippen LogP contribution in [0.25, 0.3) is 0 Å². The van der Waals surface area contributed by atoms with Gasteiger partial charge in [0.1, 0.15) is 17.4 Å². The largest absolute Gasteiger partial charge is 0.471 e. The van der Waals surface area contributed by atoms with E-state index in [2.05, 4.69) is 15.5 Å². The summed E-state index contributed by atoms with van der Waals surface area (Å²) >= 11 is 5.72. The second-order valence-electron chi connectivity index (χ2n) is 6.57. The molecule has 10 heteroatoms. The molecule has 0 saturated carbocycles. The quantitative estimate of drug-likeness (QED) is 0.461.